The molecule has 106 valence electrons. The highest BCUT2D eigenvalue weighted by atomic mass is 16.5. The van der Waals surface area contributed by atoms with E-state index in [2.05, 4.69) is 19.9 Å². The molecule has 4 heteroatoms. The molecule has 0 aromatic carbocycles. The fourth-order valence-corrected chi connectivity index (χ4v) is 3.23. The minimum atomic E-state index is -0.754. The Hall–Kier alpha value is -1.08. The number of carbonyl (C=O) groups excluding carboxylic acids is 1. The first kappa shape index (κ1) is 14.3. The number of rotatable bonds is 6. The van der Waals surface area contributed by atoms with Crippen LogP contribution in [-0.2, 0) is 9.53 Å². The molecule has 2 saturated carbocycles. The van der Waals surface area contributed by atoms with Gasteiger partial charge in [0.2, 0.25) is 5.91 Å². The van der Waals surface area contributed by atoms with E-state index in [1.165, 1.54) is 12.8 Å². The molecule has 0 saturated heterocycles. The standard InChI is InChI=1S/C15H24N2O2/c1-11-8-15(9-11,10-16)14(18)17(6-7-19-3)12(2)13-4-5-13/h11-13H,4-9H2,1-3H3. The van der Waals surface area contributed by atoms with Gasteiger partial charge in [-0.2, -0.15) is 5.26 Å². The molecule has 1 unspecified atom stereocenters. The summed E-state index contributed by atoms with van der Waals surface area (Å²) in [5.74, 6) is 1.14. The minimum absolute atomic E-state index is 0.0320. The summed E-state index contributed by atoms with van der Waals surface area (Å²) in [5, 5.41) is 9.41. The molecule has 0 bridgehead atoms. The molecule has 2 fully saturated rings. The van der Waals surface area contributed by atoms with Gasteiger partial charge in [0.15, 0.2) is 0 Å². The third-order valence-electron chi connectivity index (χ3n) is 4.61. The Labute approximate surface area is 115 Å². The lowest BCUT2D eigenvalue weighted by atomic mass is 9.62. The SMILES string of the molecule is COCCN(C(=O)C1(C#N)CC(C)C1)C(C)C1CC1. The van der Waals surface area contributed by atoms with Crippen LogP contribution in [0.3, 0.4) is 0 Å². The lowest BCUT2D eigenvalue weighted by Crippen LogP contribution is -2.53. The number of nitriles is 1. The molecule has 0 aromatic heterocycles. The number of hydrogen-bond acceptors (Lipinski definition) is 3. The highest BCUT2D eigenvalue weighted by Crippen LogP contribution is 2.47. The molecule has 0 spiro atoms. The summed E-state index contributed by atoms with van der Waals surface area (Å²) in [4.78, 5) is 14.7. The first-order valence-corrected chi connectivity index (χ1v) is 7.25. The Morgan fingerprint density at radius 1 is 1.53 bits per heavy atom. The monoisotopic (exact) mass is 264 g/mol. The van der Waals surface area contributed by atoms with E-state index < -0.39 is 5.41 Å². The summed E-state index contributed by atoms with van der Waals surface area (Å²) < 4.78 is 5.12. The molecule has 4 nitrogen and oxygen atoms in total. The third-order valence-corrected chi connectivity index (χ3v) is 4.61. The van der Waals surface area contributed by atoms with Crippen molar-refractivity contribution in [2.24, 2.45) is 17.3 Å². The van der Waals surface area contributed by atoms with E-state index in [9.17, 15) is 10.1 Å². The van der Waals surface area contributed by atoms with E-state index in [0.29, 0.717) is 37.8 Å². The van der Waals surface area contributed by atoms with Crippen molar-refractivity contribution in [1.29, 1.82) is 5.26 Å². The van der Waals surface area contributed by atoms with Crippen LogP contribution < -0.4 is 0 Å². The predicted molar refractivity (Wildman–Crippen MR) is 72.2 cm³/mol. The van der Waals surface area contributed by atoms with Crippen molar-refractivity contribution in [1.82, 2.24) is 4.90 Å². The molecule has 0 aromatic rings. The number of ether oxygens (including phenoxy) is 1. The Balaban J connectivity index is 2.08. The van der Waals surface area contributed by atoms with E-state index in [-0.39, 0.29) is 11.9 Å². The van der Waals surface area contributed by atoms with Gasteiger partial charge >= 0.3 is 0 Å². The zero-order valence-corrected chi connectivity index (χ0v) is 12.2. The molecule has 1 atom stereocenters. The van der Waals surface area contributed by atoms with Gasteiger partial charge in [0.25, 0.3) is 0 Å². The average Bonchev–Trinajstić information content (AvgIpc) is 3.18. The number of methoxy groups -OCH3 is 1. The zero-order valence-electron chi connectivity index (χ0n) is 12.2. The minimum Gasteiger partial charge on any atom is -0.383 e. The van der Waals surface area contributed by atoms with E-state index in [1.54, 1.807) is 7.11 Å². The highest BCUT2D eigenvalue weighted by Gasteiger charge is 2.52. The first-order valence-electron chi connectivity index (χ1n) is 7.25. The second-order valence-corrected chi connectivity index (χ2v) is 6.28. The fourth-order valence-electron chi connectivity index (χ4n) is 3.23. The van der Waals surface area contributed by atoms with Crippen LogP contribution >= 0.6 is 0 Å². The van der Waals surface area contributed by atoms with Crippen LogP contribution in [0.1, 0.15) is 39.5 Å². The lowest BCUT2D eigenvalue weighted by molar-refractivity contribution is -0.148. The molecular weight excluding hydrogens is 240 g/mol. The number of amides is 1. The second-order valence-electron chi connectivity index (χ2n) is 6.28. The highest BCUT2D eigenvalue weighted by molar-refractivity contribution is 5.87. The van der Waals surface area contributed by atoms with Crippen LogP contribution in [0.5, 0.6) is 0 Å². The normalized spacial score (nSPS) is 31.2. The van der Waals surface area contributed by atoms with Crippen LogP contribution in [0.25, 0.3) is 0 Å². The summed E-state index contributed by atoms with van der Waals surface area (Å²) in [5.41, 5.74) is -0.754. The number of carbonyl (C=O) groups is 1. The number of hydrogen-bond donors (Lipinski definition) is 0. The first-order chi connectivity index (χ1) is 9.04. The van der Waals surface area contributed by atoms with Gasteiger partial charge in [-0.05, 0) is 44.4 Å². The van der Waals surface area contributed by atoms with Crippen molar-refractivity contribution < 1.29 is 9.53 Å². The van der Waals surface area contributed by atoms with Crippen molar-refractivity contribution >= 4 is 5.91 Å². The van der Waals surface area contributed by atoms with Gasteiger partial charge in [-0.25, -0.2) is 0 Å². The predicted octanol–water partition coefficient (Wildman–Crippen LogP) is 2.20. The fraction of sp³-hybridized carbons (Fsp3) is 0.867. The van der Waals surface area contributed by atoms with E-state index in [1.807, 2.05) is 4.90 Å². The number of nitrogens with zero attached hydrogens (tertiary/aromatic N) is 2. The van der Waals surface area contributed by atoms with Gasteiger partial charge in [0.1, 0.15) is 5.41 Å². The van der Waals surface area contributed by atoms with Crippen molar-refractivity contribution in [2.75, 3.05) is 20.3 Å². The maximum Gasteiger partial charge on any atom is 0.243 e. The second kappa shape index (κ2) is 5.50. The van der Waals surface area contributed by atoms with Crippen LogP contribution in [0.2, 0.25) is 0 Å². The van der Waals surface area contributed by atoms with Crippen LogP contribution in [0.4, 0.5) is 0 Å². The average molecular weight is 264 g/mol. The Kier molecular flexibility index (Phi) is 4.15. The summed E-state index contributed by atoms with van der Waals surface area (Å²) >= 11 is 0. The molecule has 0 N–H and O–H groups in total. The smallest absolute Gasteiger partial charge is 0.243 e. The molecule has 1 amide bonds. The van der Waals surface area contributed by atoms with E-state index >= 15 is 0 Å². The molecule has 2 aliphatic carbocycles. The van der Waals surface area contributed by atoms with Crippen LogP contribution in [-0.4, -0.2) is 37.1 Å². The Bertz CT molecular complexity index is 378. The zero-order chi connectivity index (χ0) is 14.0. The van der Waals surface area contributed by atoms with Crippen LogP contribution in [0, 0.1) is 28.6 Å². The van der Waals surface area contributed by atoms with Crippen molar-refractivity contribution in [3.63, 3.8) is 0 Å². The van der Waals surface area contributed by atoms with Crippen LogP contribution in [0.15, 0.2) is 0 Å². The van der Waals surface area contributed by atoms with E-state index in [4.69, 9.17) is 4.74 Å². The van der Waals surface area contributed by atoms with Gasteiger partial charge < -0.3 is 9.64 Å². The molecule has 2 rings (SSSR count). The summed E-state index contributed by atoms with van der Waals surface area (Å²) in [6.45, 7) is 5.36. The van der Waals surface area contributed by atoms with Gasteiger partial charge in [0, 0.05) is 19.7 Å². The lowest BCUT2D eigenvalue weighted by Gasteiger charge is -2.44. The maximum absolute atomic E-state index is 12.8. The van der Waals surface area contributed by atoms with Gasteiger partial charge in [0.05, 0.1) is 12.7 Å². The van der Waals surface area contributed by atoms with Gasteiger partial charge in [-0.3, -0.25) is 4.79 Å². The van der Waals surface area contributed by atoms with Crippen molar-refractivity contribution in [3.8, 4) is 6.07 Å². The summed E-state index contributed by atoms with van der Waals surface area (Å²) in [6.07, 6.45) is 3.83. The molecule has 19 heavy (non-hydrogen) atoms. The van der Waals surface area contributed by atoms with Gasteiger partial charge in [-0.1, -0.05) is 6.92 Å². The van der Waals surface area contributed by atoms with E-state index in [0.717, 1.165) is 0 Å². The largest absolute Gasteiger partial charge is 0.383 e. The molecule has 0 heterocycles. The molecule has 2 aliphatic rings. The maximum atomic E-state index is 12.8. The summed E-state index contributed by atoms with van der Waals surface area (Å²) in [7, 11) is 1.65. The topological polar surface area (TPSA) is 53.3 Å². The van der Waals surface area contributed by atoms with Crippen molar-refractivity contribution in [2.45, 2.75) is 45.6 Å². The molecule has 0 radical (unpaired) electrons. The van der Waals surface area contributed by atoms with Crippen molar-refractivity contribution in [3.05, 3.63) is 0 Å². The van der Waals surface area contributed by atoms with Gasteiger partial charge in [-0.15, -0.1) is 0 Å². The molecule has 0 aliphatic heterocycles. The Morgan fingerprint density at radius 3 is 2.58 bits per heavy atom. The quantitative estimate of drug-likeness (QED) is 0.739. The summed E-state index contributed by atoms with van der Waals surface area (Å²) in [6, 6.07) is 2.52. The molecular formula is C15H24N2O2. The third kappa shape index (κ3) is 2.76. The Morgan fingerprint density at radius 2 is 2.16 bits per heavy atom.